The number of hydrogen-bond donors (Lipinski definition) is 3. The van der Waals surface area contributed by atoms with Crippen LogP contribution >= 0.6 is 0 Å². The average Bonchev–Trinajstić information content (AvgIpc) is 3.10. The fourth-order valence-electron chi connectivity index (χ4n) is 3.85. The number of rotatable bonds is 3. The molecule has 1 aliphatic heterocycles. The van der Waals surface area contributed by atoms with E-state index in [4.69, 9.17) is 16.2 Å². The van der Waals surface area contributed by atoms with Gasteiger partial charge < -0.3 is 21.5 Å². The van der Waals surface area contributed by atoms with Crippen LogP contribution in [0.3, 0.4) is 0 Å². The molecule has 2 aliphatic rings. The number of nitrogen functional groups attached to an aromatic ring is 1. The molecule has 0 saturated heterocycles. The maximum Gasteiger partial charge on any atom is 0.160 e. The number of ether oxygens (including phenoxy) is 1. The summed E-state index contributed by atoms with van der Waals surface area (Å²) in [5.74, 6) is 0.407. The molecule has 6 nitrogen and oxygen atoms in total. The molecule has 0 amide bonds. The van der Waals surface area contributed by atoms with E-state index < -0.39 is 5.82 Å². The number of nitrogens with two attached hydrogens (primary N) is 2. The monoisotopic (exact) mass is 369 g/mol. The smallest absolute Gasteiger partial charge is 0.160 e. The van der Waals surface area contributed by atoms with Crippen LogP contribution in [0.25, 0.3) is 16.8 Å². The van der Waals surface area contributed by atoms with Gasteiger partial charge >= 0.3 is 0 Å². The Labute approximate surface area is 157 Å². The fourth-order valence-corrected chi connectivity index (χ4v) is 3.85. The van der Waals surface area contributed by atoms with Crippen LogP contribution in [0.2, 0.25) is 0 Å². The molecule has 1 aliphatic carbocycles. The Morgan fingerprint density at radius 2 is 2.07 bits per heavy atom. The zero-order valence-corrected chi connectivity index (χ0v) is 15.6. The normalized spacial score (nSPS) is 18.7. The second-order valence-corrected chi connectivity index (χ2v) is 7.11. The molecule has 0 spiro atoms. The lowest BCUT2D eigenvalue weighted by atomic mass is 9.89. The van der Waals surface area contributed by atoms with E-state index in [-0.39, 0.29) is 17.6 Å². The molecule has 0 aromatic carbocycles. The lowest BCUT2D eigenvalue weighted by Gasteiger charge is -2.22. The third-order valence-corrected chi connectivity index (χ3v) is 5.20. The summed E-state index contributed by atoms with van der Waals surface area (Å²) < 4.78 is 21.5. The first kappa shape index (κ1) is 17.7. The molecule has 0 bridgehead atoms. The third-order valence-electron chi connectivity index (χ3n) is 5.20. The van der Waals surface area contributed by atoms with E-state index in [1.165, 1.54) is 0 Å². The van der Waals surface area contributed by atoms with Gasteiger partial charge in [0.2, 0.25) is 0 Å². The predicted octanol–water partition coefficient (Wildman–Crippen LogP) is 3.04. The highest BCUT2D eigenvalue weighted by Crippen LogP contribution is 2.44. The van der Waals surface area contributed by atoms with E-state index in [2.05, 4.69) is 15.3 Å². The number of anilines is 2. The summed E-state index contributed by atoms with van der Waals surface area (Å²) in [5.41, 5.74) is 16.5. The van der Waals surface area contributed by atoms with Gasteiger partial charge in [0.05, 0.1) is 23.4 Å². The Hall–Kier alpha value is -2.67. The van der Waals surface area contributed by atoms with Crippen molar-refractivity contribution in [1.29, 1.82) is 0 Å². The number of aromatic nitrogens is 2. The molecule has 3 heterocycles. The molecule has 0 saturated carbocycles. The van der Waals surface area contributed by atoms with E-state index in [1.54, 1.807) is 7.05 Å². The van der Waals surface area contributed by atoms with Gasteiger partial charge in [-0.3, -0.25) is 0 Å². The summed E-state index contributed by atoms with van der Waals surface area (Å²) in [7, 11) is 1.78. The van der Waals surface area contributed by atoms with Gasteiger partial charge in [0, 0.05) is 30.9 Å². The molecule has 2 aromatic rings. The summed E-state index contributed by atoms with van der Waals surface area (Å²) in [6, 6.07) is 1.97. The first-order valence-electron chi connectivity index (χ1n) is 9.25. The number of fused-ring (bicyclic) bond motifs is 1. The van der Waals surface area contributed by atoms with Crippen LogP contribution in [-0.2, 0) is 6.42 Å². The van der Waals surface area contributed by atoms with E-state index in [0.29, 0.717) is 35.6 Å². The molecule has 4 rings (SSSR count). The first-order valence-corrected chi connectivity index (χ1v) is 9.25. The summed E-state index contributed by atoms with van der Waals surface area (Å²) in [5, 5.41) is 3.09. The van der Waals surface area contributed by atoms with Crippen molar-refractivity contribution in [2.24, 2.45) is 5.73 Å². The number of aryl methyl sites for hydroxylation is 1. The minimum absolute atomic E-state index is 0.125. The minimum Gasteiger partial charge on any atom is -0.491 e. The first-order chi connectivity index (χ1) is 13.0. The topological polar surface area (TPSA) is 99.1 Å². The van der Waals surface area contributed by atoms with Crippen LogP contribution in [0.15, 0.2) is 12.1 Å². The highest BCUT2D eigenvalue weighted by molar-refractivity contribution is 5.87. The van der Waals surface area contributed by atoms with E-state index in [1.807, 2.05) is 19.1 Å². The van der Waals surface area contributed by atoms with Crippen molar-refractivity contribution >= 4 is 17.1 Å². The molecule has 2 aromatic heterocycles. The fraction of sp³-hybridized carbons (Fsp3) is 0.400. The number of allylic oxidation sites excluding steroid dienone is 1. The van der Waals surface area contributed by atoms with Crippen molar-refractivity contribution in [3.05, 3.63) is 34.9 Å². The number of nitrogens with zero attached hydrogens (tertiary/aromatic N) is 2. The summed E-state index contributed by atoms with van der Waals surface area (Å²) in [6.45, 7) is 2.36. The van der Waals surface area contributed by atoms with Gasteiger partial charge in [-0.25, -0.2) is 14.4 Å². The Balaban J connectivity index is 1.96. The summed E-state index contributed by atoms with van der Waals surface area (Å²) in [4.78, 5) is 8.89. The molecule has 27 heavy (non-hydrogen) atoms. The average molecular weight is 369 g/mol. The van der Waals surface area contributed by atoms with Gasteiger partial charge in [-0.15, -0.1) is 0 Å². The van der Waals surface area contributed by atoms with Crippen molar-refractivity contribution in [1.82, 2.24) is 9.97 Å². The lowest BCUT2D eigenvalue weighted by molar-refractivity contribution is 0.354. The molecule has 7 heteroatoms. The van der Waals surface area contributed by atoms with Gasteiger partial charge in [-0.2, -0.15) is 0 Å². The zero-order chi connectivity index (χ0) is 19.1. The van der Waals surface area contributed by atoms with Gasteiger partial charge in [0.15, 0.2) is 11.6 Å². The van der Waals surface area contributed by atoms with Crippen molar-refractivity contribution in [3.8, 4) is 17.0 Å². The molecule has 0 radical (unpaired) electrons. The van der Waals surface area contributed by atoms with Crippen LogP contribution in [0.5, 0.6) is 5.75 Å². The Bertz CT molecular complexity index is 941. The zero-order valence-electron chi connectivity index (χ0n) is 15.6. The molecular weight excluding hydrogens is 345 g/mol. The van der Waals surface area contributed by atoms with Crippen molar-refractivity contribution in [2.75, 3.05) is 24.7 Å². The molecule has 1 atom stereocenters. The quantitative estimate of drug-likeness (QED) is 0.769. The van der Waals surface area contributed by atoms with Crippen molar-refractivity contribution in [3.63, 3.8) is 0 Å². The SMILES string of the molecule is CNc1cc(C)nc(N)c1-c1nc2c(c(C3=CC[C@H](N)CC3)c1F)OCC2. The minimum atomic E-state index is -0.411. The maximum absolute atomic E-state index is 15.8. The number of hydrogen-bond acceptors (Lipinski definition) is 6. The van der Waals surface area contributed by atoms with Crippen molar-refractivity contribution in [2.45, 2.75) is 38.6 Å². The van der Waals surface area contributed by atoms with Crippen LogP contribution in [0, 0.1) is 12.7 Å². The maximum atomic E-state index is 15.8. The van der Waals surface area contributed by atoms with Crippen LogP contribution in [-0.4, -0.2) is 29.7 Å². The van der Waals surface area contributed by atoms with Gasteiger partial charge in [-0.1, -0.05) is 6.08 Å². The van der Waals surface area contributed by atoms with E-state index >= 15 is 4.39 Å². The molecule has 142 valence electrons. The lowest BCUT2D eigenvalue weighted by Crippen LogP contribution is -2.21. The Morgan fingerprint density at radius 1 is 1.26 bits per heavy atom. The number of halogens is 1. The highest BCUT2D eigenvalue weighted by Gasteiger charge is 2.30. The second kappa shape index (κ2) is 6.81. The molecule has 0 fully saturated rings. The molecule has 0 unspecified atom stereocenters. The van der Waals surface area contributed by atoms with Crippen LogP contribution in [0.4, 0.5) is 15.9 Å². The van der Waals surface area contributed by atoms with Gasteiger partial charge in [0.25, 0.3) is 0 Å². The van der Waals surface area contributed by atoms with E-state index in [9.17, 15) is 0 Å². The van der Waals surface area contributed by atoms with Gasteiger partial charge in [-0.05, 0) is 37.8 Å². The number of nitrogens with one attached hydrogen (secondary N) is 1. The molecule has 5 N–H and O–H groups in total. The van der Waals surface area contributed by atoms with Crippen LogP contribution < -0.4 is 21.5 Å². The third kappa shape index (κ3) is 3.02. The largest absolute Gasteiger partial charge is 0.491 e. The summed E-state index contributed by atoms with van der Waals surface area (Å²) in [6.07, 6.45) is 4.95. The highest BCUT2D eigenvalue weighted by atomic mass is 19.1. The Kier molecular flexibility index (Phi) is 4.47. The van der Waals surface area contributed by atoms with Gasteiger partial charge in [0.1, 0.15) is 11.5 Å². The Morgan fingerprint density at radius 3 is 2.78 bits per heavy atom. The standard InChI is InChI=1S/C20H24FN5O/c1-10-9-14(24-2)16(20(23)25-10)18-17(21)15(11-3-5-12(22)6-4-11)19-13(26-18)7-8-27-19/h3,9,12H,4-8,22H2,1-2H3,(H3,23,24,25)/t12-/m0/s1. The molecular formula is C20H24FN5O. The predicted molar refractivity (Wildman–Crippen MR) is 105 cm³/mol. The number of pyridine rings is 2. The van der Waals surface area contributed by atoms with Crippen LogP contribution in [0.1, 0.15) is 36.2 Å². The second-order valence-electron chi connectivity index (χ2n) is 7.11. The van der Waals surface area contributed by atoms with Crippen molar-refractivity contribution < 1.29 is 9.13 Å². The van der Waals surface area contributed by atoms with E-state index in [0.717, 1.165) is 36.2 Å². The summed E-state index contributed by atoms with van der Waals surface area (Å²) >= 11 is 0.